The fourth-order valence-electron chi connectivity index (χ4n) is 1.62. The fraction of sp³-hybridized carbons (Fsp3) is 0.250. The van der Waals surface area contributed by atoms with Gasteiger partial charge in [0.05, 0.1) is 27.6 Å². The van der Waals surface area contributed by atoms with E-state index in [1.807, 2.05) is 24.9 Å². The van der Waals surface area contributed by atoms with E-state index in [2.05, 4.69) is 10.4 Å². The van der Waals surface area contributed by atoms with E-state index < -0.39 is 0 Å². The smallest absolute Gasteiger partial charge is 0.0614 e. The summed E-state index contributed by atoms with van der Waals surface area (Å²) in [5.41, 5.74) is 9.44. The van der Waals surface area contributed by atoms with E-state index in [4.69, 9.17) is 28.9 Å². The summed E-state index contributed by atoms with van der Waals surface area (Å²) in [4.78, 5) is 0. The van der Waals surface area contributed by atoms with Crippen LogP contribution >= 0.6 is 23.2 Å². The lowest BCUT2D eigenvalue weighted by Crippen LogP contribution is -2.04. The first-order valence-corrected chi connectivity index (χ1v) is 6.20. The molecule has 0 bridgehead atoms. The molecule has 0 amide bonds. The molecule has 1 aromatic carbocycles. The van der Waals surface area contributed by atoms with Gasteiger partial charge < -0.3 is 11.1 Å². The number of aromatic nitrogens is 2. The van der Waals surface area contributed by atoms with Crippen molar-refractivity contribution in [3.05, 3.63) is 39.6 Å². The Hall–Kier alpha value is -1.39. The molecule has 0 atom stereocenters. The lowest BCUT2D eigenvalue weighted by atomic mass is 10.2. The van der Waals surface area contributed by atoms with Crippen LogP contribution in [-0.4, -0.2) is 9.78 Å². The molecule has 1 aromatic heterocycles. The molecule has 0 aliphatic rings. The maximum atomic E-state index is 5.96. The van der Waals surface area contributed by atoms with E-state index in [9.17, 15) is 0 Å². The van der Waals surface area contributed by atoms with Gasteiger partial charge in [-0.2, -0.15) is 5.10 Å². The number of halogens is 2. The molecule has 0 saturated carbocycles. The van der Waals surface area contributed by atoms with Crippen LogP contribution in [0, 0.1) is 6.92 Å². The van der Waals surface area contributed by atoms with Gasteiger partial charge in [0.25, 0.3) is 0 Å². The summed E-state index contributed by atoms with van der Waals surface area (Å²) in [6.45, 7) is 2.66. The topological polar surface area (TPSA) is 55.9 Å². The molecule has 3 N–H and O–H groups in total. The highest BCUT2D eigenvalue weighted by Crippen LogP contribution is 2.31. The minimum Gasteiger partial charge on any atom is -0.397 e. The molecule has 0 aliphatic heterocycles. The van der Waals surface area contributed by atoms with Gasteiger partial charge in [0.2, 0.25) is 0 Å². The number of anilines is 2. The van der Waals surface area contributed by atoms with E-state index in [1.54, 1.807) is 12.1 Å². The van der Waals surface area contributed by atoms with E-state index in [-0.39, 0.29) is 0 Å². The molecular weight excluding hydrogens is 271 g/mol. The van der Waals surface area contributed by atoms with E-state index >= 15 is 0 Å². The Morgan fingerprint density at radius 3 is 2.61 bits per heavy atom. The first kappa shape index (κ1) is 13.1. The number of nitrogens with zero attached hydrogens (tertiary/aromatic N) is 2. The fourth-order valence-corrected chi connectivity index (χ4v) is 1.96. The average Bonchev–Trinajstić information content (AvgIpc) is 2.63. The monoisotopic (exact) mass is 284 g/mol. The highest BCUT2D eigenvalue weighted by molar-refractivity contribution is 6.42. The average molecular weight is 285 g/mol. The van der Waals surface area contributed by atoms with Crippen LogP contribution in [0.3, 0.4) is 0 Å². The van der Waals surface area contributed by atoms with E-state index in [0.717, 1.165) is 16.9 Å². The van der Waals surface area contributed by atoms with Crippen LogP contribution in [0.15, 0.2) is 18.3 Å². The van der Waals surface area contributed by atoms with Crippen molar-refractivity contribution in [1.29, 1.82) is 0 Å². The molecule has 96 valence electrons. The number of nitrogens with one attached hydrogen (secondary N) is 1. The van der Waals surface area contributed by atoms with Crippen LogP contribution in [0.25, 0.3) is 0 Å². The number of hydrogen-bond acceptors (Lipinski definition) is 3. The zero-order chi connectivity index (χ0) is 13.3. The summed E-state index contributed by atoms with van der Waals surface area (Å²) < 4.78 is 1.83. The molecule has 0 fully saturated rings. The second-order valence-corrected chi connectivity index (χ2v) is 4.90. The summed E-state index contributed by atoms with van der Waals surface area (Å²) in [5.74, 6) is 0. The molecule has 0 radical (unpaired) electrons. The van der Waals surface area contributed by atoms with Crippen molar-refractivity contribution in [2.24, 2.45) is 7.05 Å². The number of nitrogen functional groups attached to an aromatic ring is 1. The second-order valence-electron chi connectivity index (χ2n) is 4.09. The predicted molar refractivity (Wildman–Crippen MR) is 76.1 cm³/mol. The molecule has 2 rings (SSSR count). The van der Waals surface area contributed by atoms with Crippen molar-refractivity contribution in [1.82, 2.24) is 9.78 Å². The summed E-state index contributed by atoms with van der Waals surface area (Å²) in [6, 6.07) is 3.37. The van der Waals surface area contributed by atoms with Crippen LogP contribution in [-0.2, 0) is 13.6 Å². The van der Waals surface area contributed by atoms with E-state index in [1.165, 1.54) is 0 Å². The summed E-state index contributed by atoms with van der Waals surface area (Å²) >= 11 is 11.8. The molecule has 0 saturated heterocycles. The lowest BCUT2D eigenvalue weighted by Gasteiger charge is -2.10. The van der Waals surface area contributed by atoms with Gasteiger partial charge in [-0.15, -0.1) is 0 Å². The normalized spacial score (nSPS) is 10.7. The largest absolute Gasteiger partial charge is 0.397 e. The molecule has 1 heterocycles. The first-order valence-electron chi connectivity index (χ1n) is 5.45. The number of rotatable bonds is 3. The second kappa shape index (κ2) is 5.08. The highest BCUT2D eigenvalue weighted by Gasteiger charge is 2.07. The minimum absolute atomic E-state index is 0.456. The summed E-state index contributed by atoms with van der Waals surface area (Å²) in [6.07, 6.45) is 1.83. The van der Waals surface area contributed by atoms with Crippen molar-refractivity contribution in [2.45, 2.75) is 13.5 Å². The predicted octanol–water partition coefficient (Wildman–Crippen LogP) is 3.23. The van der Waals surface area contributed by atoms with Crippen molar-refractivity contribution in [3.8, 4) is 0 Å². The molecule has 4 nitrogen and oxygen atoms in total. The molecule has 0 unspecified atom stereocenters. The SMILES string of the molecule is Cc1c(CNc2cc(Cl)c(Cl)cc2N)cnn1C. The third-order valence-electron chi connectivity index (χ3n) is 2.90. The Labute approximate surface area is 116 Å². The van der Waals surface area contributed by atoms with Crippen molar-refractivity contribution in [3.63, 3.8) is 0 Å². The quantitative estimate of drug-likeness (QED) is 0.851. The Bertz CT molecular complexity index is 578. The Kier molecular flexibility index (Phi) is 3.68. The third-order valence-corrected chi connectivity index (χ3v) is 3.62. The molecule has 0 aliphatic carbocycles. The van der Waals surface area contributed by atoms with Crippen LogP contribution in [0.5, 0.6) is 0 Å². The Morgan fingerprint density at radius 1 is 1.33 bits per heavy atom. The molecule has 18 heavy (non-hydrogen) atoms. The van der Waals surface area contributed by atoms with Crippen LogP contribution in [0.4, 0.5) is 11.4 Å². The van der Waals surface area contributed by atoms with Crippen molar-refractivity contribution in [2.75, 3.05) is 11.1 Å². The molecular formula is C12H14Cl2N4. The minimum atomic E-state index is 0.456. The maximum absolute atomic E-state index is 5.96. The lowest BCUT2D eigenvalue weighted by molar-refractivity contribution is 0.738. The van der Waals surface area contributed by atoms with Crippen LogP contribution in [0.2, 0.25) is 10.0 Å². The van der Waals surface area contributed by atoms with Gasteiger partial charge in [0, 0.05) is 24.8 Å². The maximum Gasteiger partial charge on any atom is 0.0614 e. The van der Waals surface area contributed by atoms with Gasteiger partial charge in [-0.05, 0) is 19.1 Å². The molecule has 6 heteroatoms. The number of aryl methyl sites for hydroxylation is 1. The number of benzene rings is 1. The summed E-state index contributed by atoms with van der Waals surface area (Å²) in [7, 11) is 1.91. The van der Waals surface area contributed by atoms with E-state index in [0.29, 0.717) is 22.3 Å². The summed E-state index contributed by atoms with van der Waals surface area (Å²) in [5, 5.41) is 8.35. The van der Waals surface area contributed by atoms with Crippen molar-refractivity contribution < 1.29 is 0 Å². The zero-order valence-electron chi connectivity index (χ0n) is 10.2. The first-order chi connectivity index (χ1) is 8.49. The standard InChI is InChI=1S/C12H14Cl2N4/c1-7-8(6-17-18(7)2)5-16-12-4-10(14)9(13)3-11(12)15/h3-4,6,16H,5,15H2,1-2H3. The van der Waals surface area contributed by atoms with Crippen molar-refractivity contribution >= 4 is 34.6 Å². The Balaban J connectivity index is 2.16. The zero-order valence-corrected chi connectivity index (χ0v) is 11.7. The van der Waals surface area contributed by atoms with Crippen LogP contribution < -0.4 is 11.1 Å². The third kappa shape index (κ3) is 2.54. The molecule has 0 spiro atoms. The number of nitrogens with two attached hydrogens (primary N) is 1. The van der Waals surface area contributed by atoms with Crippen LogP contribution in [0.1, 0.15) is 11.3 Å². The highest BCUT2D eigenvalue weighted by atomic mass is 35.5. The van der Waals surface area contributed by atoms with Gasteiger partial charge in [-0.25, -0.2) is 0 Å². The number of hydrogen-bond donors (Lipinski definition) is 2. The van der Waals surface area contributed by atoms with Gasteiger partial charge in [0.1, 0.15) is 0 Å². The van der Waals surface area contributed by atoms with Gasteiger partial charge in [-0.3, -0.25) is 4.68 Å². The molecule has 2 aromatic rings. The Morgan fingerprint density at radius 2 is 2.00 bits per heavy atom. The van der Waals surface area contributed by atoms with Gasteiger partial charge in [0.15, 0.2) is 0 Å². The van der Waals surface area contributed by atoms with Gasteiger partial charge >= 0.3 is 0 Å². The van der Waals surface area contributed by atoms with Gasteiger partial charge in [-0.1, -0.05) is 23.2 Å².